The van der Waals surface area contributed by atoms with Crippen LogP contribution in [0, 0.1) is 0 Å². The van der Waals surface area contributed by atoms with E-state index in [1.807, 2.05) is 18.7 Å². The van der Waals surface area contributed by atoms with Gasteiger partial charge in [0, 0.05) is 29.9 Å². The van der Waals surface area contributed by atoms with Gasteiger partial charge in [-0.3, -0.25) is 0 Å². The Morgan fingerprint density at radius 1 is 1.53 bits per heavy atom. The number of aliphatic hydroxyl groups is 1. The van der Waals surface area contributed by atoms with Crippen molar-refractivity contribution in [3.63, 3.8) is 0 Å². The third-order valence-electron chi connectivity index (χ3n) is 3.04. The lowest BCUT2D eigenvalue weighted by Crippen LogP contribution is -2.29. The van der Waals surface area contributed by atoms with Crippen LogP contribution < -0.4 is 10.6 Å². The number of carbonyl (C=O) groups is 1. The van der Waals surface area contributed by atoms with Crippen LogP contribution in [0.3, 0.4) is 0 Å². The smallest absolute Gasteiger partial charge is 0.356 e. The molecule has 0 saturated heterocycles. The summed E-state index contributed by atoms with van der Waals surface area (Å²) in [5.41, 5.74) is 6.39. The van der Waals surface area contributed by atoms with Crippen molar-refractivity contribution in [1.29, 1.82) is 0 Å². The maximum Gasteiger partial charge on any atom is 0.356 e. The van der Waals surface area contributed by atoms with Gasteiger partial charge in [0.05, 0.1) is 6.10 Å². The lowest BCUT2D eigenvalue weighted by atomic mass is 10.1. The fourth-order valence-electron chi connectivity index (χ4n) is 2.15. The summed E-state index contributed by atoms with van der Waals surface area (Å²) in [6.45, 7) is 4.46. The van der Waals surface area contributed by atoms with Crippen LogP contribution in [-0.2, 0) is 0 Å². The average molecular weight is 264 g/mol. The molecule has 1 aromatic rings. The molecule has 1 aliphatic rings. The second-order valence-electron chi connectivity index (χ2n) is 4.70. The number of azo groups is 1. The number of hydrogen-bond donors (Lipinski definition) is 3. The van der Waals surface area contributed by atoms with E-state index in [9.17, 15) is 15.0 Å². The van der Waals surface area contributed by atoms with Crippen molar-refractivity contribution in [3.8, 4) is 5.75 Å². The second-order valence-corrected chi connectivity index (χ2v) is 4.70. The van der Waals surface area contributed by atoms with E-state index in [1.165, 1.54) is 12.1 Å². The highest BCUT2D eigenvalue weighted by Crippen LogP contribution is 2.42. The number of nitrogens with two attached hydrogens (primary N) is 1. The van der Waals surface area contributed by atoms with Crippen LogP contribution in [0.4, 0.5) is 16.2 Å². The molecule has 0 aliphatic carbocycles. The standard InChI is InChI=1S/C12H16N4O3/c1-6(2)16-5-11(18)7-3-8(14-15-12(13)19)10(17)4-9(7)16/h3-4,6,11,17-18H,5H2,1-2H3,(H2,13,19)/t11-/m1/s1. The van der Waals surface area contributed by atoms with Gasteiger partial charge in [0.2, 0.25) is 0 Å². The summed E-state index contributed by atoms with van der Waals surface area (Å²) in [5.74, 6) is -0.108. The Balaban J connectivity index is 2.44. The number of aliphatic hydroxyl groups excluding tert-OH is 1. The second kappa shape index (κ2) is 4.85. The number of primary amides is 1. The van der Waals surface area contributed by atoms with Crippen molar-refractivity contribution in [2.24, 2.45) is 16.0 Å². The third kappa shape index (κ3) is 2.50. The van der Waals surface area contributed by atoms with Gasteiger partial charge in [-0.1, -0.05) is 5.11 Å². The van der Waals surface area contributed by atoms with Gasteiger partial charge in [-0.15, -0.1) is 5.11 Å². The highest BCUT2D eigenvalue weighted by Gasteiger charge is 2.30. The Hall–Kier alpha value is -2.15. The minimum Gasteiger partial charge on any atom is -0.506 e. The Morgan fingerprint density at radius 3 is 2.79 bits per heavy atom. The van der Waals surface area contributed by atoms with Gasteiger partial charge in [0.1, 0.15) is 11.4 Å². The van der Waals surface area contributed by atoms with E-state index in [-0.39, 0.29) is 17.5 Å². The van der Waals surface area contributed by atoms with E-state index in [2.05, 4.69) is 10.2 Å². The highest BCUT2D eigenvalue weighted by molar-refractivity contribution is 5.73. The topological polar surface area (TPSA) is 112 Å². The number of urea groups is 1. The zero-order valence-electron chi connectivity index (χ0n) is 10.7. The zero-order chi connectivity index (χ0) is 14.2. The van der Waals surface area contributed by atoms with Gasteiger partial charge in [-0.2, -0.15) is 0 Å². The molecule has 1 aromatic carbocycles. The molecule has 1 heterocycles. The largest absolute Gasteiger partial charge is 0.506 e. The lowest BCUT2D eigenvalue weighted by Gasteiger charge is -2.24. The first-order chi connectivity index (χ1) is 8.90. The molecule has 1 atom stereocenters. The summed E-state index contributed by atoms with van der Waals surface area (Å²) in [5, 5.41) is 26.6. The van der Waals surface area contributed by atoms with Crippen molar-refractivity contribution in [2.45, 2.75) is 26.0 Å². The minimum absolute atomic E-state index is 0.108. The van der Waals surface area contributed by atoms with E-state index >= 15 is 0 Å². The molecule has 0 bridgehead atoms. The summed E-state index contributed by atoms with van der Waals surface area (Å²) >= 11 is 0. The summed E-state index contributed by atoms with van der Waals surface area (Å²) in [7, 11) is 0. The number of hydrogen-bond acceptors (Lipinski definition) is 5. The number of phenolic OH excluding ortho intramolecular Hbond substituents is 1. The number of rotatable bonds is 2. The highest BCUT2D eigenvalue weighted by atomic mass is 16.3. The number of fused-ring (bicyclic) bond motifs is 1. The van der Waals surface area contributed by atoms with Crippen LogP contribution in [-0.4, -0.2) is 28.8 Å². The normalized spacial score (nSPS) is 18.3. The zero-order valence-corrected chi connectivity index (χ0v) is 10.7. The molecule has 0 fully saturated rings. The Morgan fingerprint density at radius 2 is 2.21 bits per heavy atom. The van der Waals surface area contributed by atoms with Gasteiger partial charge in [-0.05, 0) is 19.9 Å². The molecular formula is C12H16N4O3. The van der Waals surface area contributed by atoms with Crippen molar-refractivity contribution >= 4 is 17.4 Å². The predicted molar refractivity (Wildman–Crippen MR) is 69.6 cm³/mol. The van der Waals surface area contributed by atoms with Crippen LogP contribution >= 0.6 is 0 Å². The number of nitrogens with zero attached hydrogens (tertiary/aromatic N) is 3. The Labute approximate surface area is 110 Å². The van der Waals surface area contributed by atoms with Crippen molar-refractivity contribution in [1.82, 2.24) is 0 Å². The van der Waals surface area contributed by atoms with Crippen molar-refractivity contribution in [3.05, 3.63) is 17.7 Å². The monoisotopic (exact) mass is 264 g/mol. The van der Waals surface area contributed by atoms with Crippen LogP contribution in [0.15, 0.2) is 22.4 Å². The molecule has 7 nitrogen and oxygen atoms in total. The van der Waals surface area contributed by atoms with E-state index in [0.29, 0.717) is 12.1 Å². The molecule has 1 aliphatic heterocycles. The first kappa shape index (κ1) is 13.3. The number of amides is 2. The molecule has 19 heavy (non-hydrogen) atoms. The van der Waals surface area contributed by atoms with Gasteiger partial charge in [0.25, 0.3) is 0 Å². The van der Waals surface area contributed by atoms with Crippen LogP contribution in [0.2, 0.25) is 0 Å². The fourth-order valence-corrected chi connectivity index (χ4v) is 2.15. The molecule has 0 spiro atoms. The SMILES string of the molecule is CC(C)N1C[C@@H](O)c2cc(N=NC(N)=O)c(O)cc21. The molecule has 102 valence electrons. The minimum atomic E-state index is -0.941. The van der Waals surface area contributed by atoms with Gasteiger partial charge in [-0.25, -0.2) is 4.79 Å². The molecule has 0 radical (unpaired) electrons. The van der Waals surface area contributed by atoms with E-state index in [1.54, 1.807) is 0 Å². The molecule has 4 N–H and O–H groups in total. The molecule has 7 heteroatoms. The average Bonchev–Trinajstić information content (AvgIpc) is 2.63. The molecule has 0 saturated carbocycles. The predicted octanol–water partition coefficient (Wildman–Crippen LogP) is 1.82. The first-order valence-corrected chi connectivity index (χ1v) is 5.93. The first-order valence-electron chi connectivity index (χ1n) is 5.93. The van der Waals surface area contributed by atoms with Crippen LogP contribution in [0.1, 0.15) is 25.5 Å². The number of carbonyl (C=O) groups excluding carboxylic acids is 1. The molecule has 0 aromatic heterocycles. The number of phenols is 1. The van der Waals surface area contributed by atoms with E-state index in [0.717, 1.165) is 5.69 Å². The number of anilines is 1. The summed E-state index contributed by atoms with van der Waals surface area (Å²) < 4.78 is 0. The van der Waals surface area contributed by atoms with Gasteiger partial charge >= 0.3 is 6.03 Å². The molecular weight excluding hydrogens is 248 g/mol. The van der Waals surface area contributed by atoms with Crippen LogP contribution in [0.5, 0.6) is 5.75 Å². The number of benzene rings is 1. The number of β-amino-alcohol motifs (C(OH)–C–C–N with tert-alkyl or cyclic N) is 1. The molecule has 0 unspecified atom stereocenters. The Bertz CT molecular complexity index is 542. The van der Waals surface area contributed by atoms with E-state index < -0.39 is 12.1 Å². The van der Waals surface area contributed by atoms with Crippen LogP contribution in [0.25, 0.3) is 0 Å². The van der Waals surface area contributed by atoms with Gasteiger partial charge < -0.3 is 20.8 Å². The van der Waals surface area contributed by atoms with E-state index in [4.69, 9.17) is 5.73 Å². The maximum atomic E-state index is 10.5. The quantitative estimate of drug-likeness (QED) is 0.707. The summed E-state index contributed by atoms with van der Waals surface area (Å²) in [6, 6.07) is 2.29. The maximum absolute atomic E-state index is 10.5. The van der Waals surface area contributed by atoms with Crippen molar-refractivity contribution < 1.29 is 15.0 Å². The molecule has 2 amide bonds. The number of aromatic hydroxyl groups is 1. The fraction of sp³-hybridized carbons (Fsp3) is 0.417. The van der Waals surface area contributed by atoms with Crippen molar-refractivity contribution in [2.75, 3.05) is 11.4 Å². The summed E-state index contributed by atoms with van der Waals surface area (Å²) in [4.78, 5) is 12.5. The summed E-state index contributed by atoms with van der Waals surface area (Å²) in [6.07, 6.45) is -0.652. The molecule has 2 rings (SSSR count). The van der Waals surface area contributed by atoms with Gasteiger partial charge in [0.15, 0.2) is 0 Å². The lowest BCUT2D eigenvalue weighted by molar-refractivity contribution is 0.193. The Kier molecular flexibility index (Phi) is 3.39. The third-order valence-corrected chi connectivity index (χ3v) is 3.04.